The summed E-state index contributed by atoms with van der Waals surface area (Å²) in [5.41, 5.74) is 3.78. The van der Waals surface area contributed by atoms with Crippen molar-refractivity contribution in [1.82, 2.24) is 5.32 Å². The van der Waals surface area contributed by atoms with Crippen LogP contribution < -0.4 is 5.32 Å². The molecule has 2 aliphatic rings. The van der Waals surface area contributed by atoms with Crippen molar-refractivity contribution in [1.29, 1.82) is 0 Å². The quantitative estimate of drug-likeness (QED) is 0.348. The van der Waals surface area contributed by atoms with E-state index in [1.165, 1.54) is 0 Å². The van der Waals surface area contributed by atoms with Gasteiger partial charge >= 0.3 is 5.97 Å². The minimum Gasteiger partial charge on any atom is -0.508 e. The van der Waals surface area contributed by atoms with Gasteiger partial charge in [0.1, 0.15) is 17.2 Å². The van der Waals surface area contributed by atoms with Crippen LogP contribution in [-0.4, -0.2) is 40.3 Å². The molecule has 1 heterocycles. The number of phenolic OH excluding ortho intramolecular Hbond substituents is 1. The van der Waals surface area contributed by atoms with Crippen LogP contribution in [0, 0.1) is 19.8 Å². The number of carbonyl (C=O) groups is 2. The maximum absolute atomic E-state index is 12.6. The molecule has 1 aliphatic carbocycles. The van der Waals surface area contributed by atoms with Crippen molar-refractivity contribution in [3.63, 3.8) is 0 Å². The zero-order chi connectivity index (χ0) is 26.7. The number of aromatic hydroxyl groups is 1. The summed E-state index contributed by atoms with van der Waals surface area (Å²) in [6.45, 7) is 4.04. The first-order valence-corrected chi connectivity index (χ1v) is 12.5. The summed E-state index contributed by atoms with van der Waals surface area (Å²) in [4.78, 5) is 24.0. The van der Waals surface area contributed by atoms with E-state index in [0.29, 0.717) is 24.8 Å². The number of benzene rings is 2. The lowest BCUT2D eigenvalue weighted by atomic mass is 9.77. The van der Waals surface area contributed by atoms with Gasteiger partial charge in [0.25, 0.3) is 5.91 Å². The van der Waals surface area contributed by atoms with Crippen molar-refractivity contribution >= 4 is 17.6 Å². The lowest BCUT2D eigenvalue weighted by Crippen LogP contribution is -2.30. The van der Waals surface area contributed by atoms with E-state index in [1.54, 1.807) is 25.3 Å². The molecule has 4 atom stereocenters. The molecule has 0 bridgehead atoms. The smallest absolute Gasteiger partial charge is 0.306 e. The van der Waals surface area contributed by atoms with Crippen LogP contribution in [0.4, 0.5) is 5.69 Å². The van der Waals surface area contributed by atoms with E-state index < -0.39 is 23.8 Å². The number of aliphatic hydroxyl groups is 1. The van der Waals surface area contributed by atoms with Crippen LogP contribution in [-0.2, 0) is 14.3 Å². The van der Waals surface area contributed by atoms with E-state index in [1.807, 2.05) is 32.0 Å². The fourth-order valence-electron chi connectivity index (χ4n) is 5.15. The van der Waals surface area contributed by atoms with Gasteiger partial charge in [0.15, 0.2) is 5.70 Å². The number of phenols is 1. The Morgan fingerprint density at radius 1 is 1.14 bits per heavy atom. The maximum Gasteiger partial charge on any atom is 0.306 e. The minimum atomic E-state index is -0.822. The predicted molar refractivity (Wildman–Crippen MR) is 137 cm³/mol. The van der Waals surface area contributed by atoms with Gasteiger partial charge in [-0.2, -0.15) is 0 Å². The van der Waals surface area contributed by atoms with E-state index in [-0.39, 0.29) is 34.9 Å². The molecule has 1 saturated carbocycles. The minimum absolute atomic E-state index is 0.0912. The van der Waals surface area contributed by atoms with Crippen LogP contribution in [0.1, 0.15) is 66.4 Å². The molecule has 37 heavy (non-hydrogen) atoms. The monoisotopic (exact) mass is 507 g/mol. The maximum atomic E-state index is 12.6. The summed E-state index contributed by atoms with van der Waals surface area (Å²) in [5, 5.41) is 41.8. The summed E-state index contributed by atoms with van der Waals surface area (Å²) >= 11 is 0. The van der Waals surface area contributed by atoms with Crippen molar-refractivity contribution in [3.05, 3.63) is 70.1 Å². The van der Waals surface area contributed by atoms with Crippen LogP contribution in [0.25, 0.3) is 0 Å². The Kier molecular flexibility index (Phi) is 7.92. The Hall–Kier alpha value is -3.72. The molecule has 4 N–H and O–H groups in total. The third-order valence-electron chi connectivity index (χ3n) is 7.50. The Bertz CT molecular complexity index is 1250. The Labute approximate surface area is 215 Å². The third kappa shape index (κ3) is 5.67. The predicted octanol–water partition coefficient (Wildman–Crippen LogP) is 5.50. The number of nitrogens with zero attached hydrogens (tertiary/aromatic N) is 2. The number of nitrogens with one attached hydrogen (secondary N) is 1. The molecule has 4 unspecified atom stereocenters. The number of hydrogen-bond acceptors (Lipinski definition) is 7. The number of aliphatic hydroxyl groups excluding tert-OH is 1. The van der Waals surface area contributed by atoms with E-state index >= 15 is 0 Å². The number of carbonyl (C=O) groups excluding carboxylic acids is 1. The Morgan fingerprint density at radius 2 is 1.92 bits per heavy atom. The molecule has 2 aromatic carbocycles. The molecule has 0 spiro atoms. The summed E-state index contributed by atoms with van der Waals surface area (Å²) in [7, 11) is 1.58. The van der Waals surface area contributed by atoms with Gasteiger partial charge in [0.05, 0.1) is 18.1 Å². The number of amides is 1. The van der Waals surface area contributed by atoms with Gasteiger partial charge in [-0.05, 0) is 67.3 Å². The number of ether oxygens (including phenoxy) is 1. The summed E-state index contributed by atoms with van der Waals surface area (Å²) in [6, 6.07) is 10.3. The SMILES string of the molecule is COC(CC1NC(=O)C(N=Nc2cccc(C3CCCC(C(=O)O)C3)c2O)=C1O)c1ccc(C)c(C)c1. The van der Waals surface area contributed by atoms with Crippen molar-refractivity contribution in [3.8, 4) is 5.75 Å². The molecule has 1 aliphatic heterocycles. The second kappa shape index (κ2) is 11.1. The van der Waals surface area contributed by atoms with E-state index in [2.05, 4.69) is 15.5 Å². The highest BCUT2D eigenvalue weighted by Gasteiger charge is 2.35. The van der Waals surface area contributed by atoms with Gasteiger partial charge in [0, 0.05) is 13.5 Å². The first-order chi connectivity index (χ1) is 17.7. The van der Waals surface area contributed by atoms with Gasteiger partial charge in [-0.15, -0.1) is 10.2 Å². The highest BCUT2D eigenvalue weighted by molar-refractivity contribution is 5.96. The molecule has 0 aromatic heterocycles. The van der Waals surface area contributed by atoms with Gasteiger partial charge in [-0.1, -0.05) is 36.8 Å². The molecule has 0 radical (unpaired) electrons. The van der Waals surface area contributed by atoms with Gasteiger partial charge in [-0.25, -0.2) is 0 Å². The standard InChI is InChI=1S/C28H33N3O6/c1-15-10-11-18(12-16(15)2)23(37-3)14-22-26(33)24(27(34)29-22)31-30-21-9-5-8-20(25(21)32)17-6-4-7-19(13-17)28(35)36/h5,8-12,17,19,22-23,32-33H,4,6-7,13-14H2,1-3H3,(H,29,34)(H,35,36). The topological polar surface area (TPSA) is 141 Å². The number of para-hydroxylation sites is 1. The number of aliphatic carboxylic acids is 1. The van der Waals surface area contributed by atoms with Gasteiger partial charge in [-0.3, -0.25) is 9.59 Å². The molecule has 2 aromatic rings. The molecular weight excluding hydrogens is 474 g/mol. The summed E-state index contributed by atoms with van der Waals surface area (Å²) < 4.78 is 5.64. The van der Waals surface area contributed by atoms with Crippen molar-refractivity contribution < 1.29 is 29.6 Å². The lowest BCUT2D eigenvalue weighted by molar-refractivity contribution is -0.143. The highest BCUT2D eigenvalue weighted by Crippen LogP contribution is 2.43. The molecule has 1 amide bonds. The van der Waals surface area contributed by atoms with Crippen LogP contribution in [0.3, 0.4) is 0 Å². The van der Waals surface area contributed by atoms with Crippen molar-refractivity contribution in [2.75, 3.05) is 7.11 Å². The molecule has 9 heteroatoms. The number of azo groups is 1. The molecule has 9 nitrogen and oxygen atoms in total. The third-order valence-corrected chi connectivity index (χ3v) is 7.50. The van der Waals surface area contributed by atoms with Crippen LogP contribution >= 0.6 is 0 Å². The molecule has 1 fully saturated rings. The van der Waals surface area contributed by atoms with E-state index in [4.69, 9.17) is 4.74 Å². The average molecular weight is 508 g/mol. The zero-order valence-corrected chi connectivity index (χ0v) is 21.3. The first kappa shape index (κ1) is 26.3. The highest BCUT2D eigenvalue weighted by atomic mass is 16.5. The van der Waals surface area contributed by atoms with Crippen LogP contribution in [0.2, 0.25) is 0 Å². The molecular formula is C28H33N3O6. The second-order valence-corrected chi connectivity index (χ2v) is 9.88. The molecule has 4 rings (SSSR count). The zero-order valence-electron chi connectivity index (χ0n) is 21.3. The summed E-state index contributed by atoms with van der Waals surface area (Å²) in [6.07, 6.45) is 2.57. The van der Waals surface area contributed by atoms with Crippen molar-refractivity contribution in [2.24, 2.45) is 16.1 Å². The molecule has 196 valence electrons. The normalized spacial score (nSPS) is 22.9. The number of carboxylic acids is 1. The Balaban J connectivity index is 1.52. The number of rotatable bonds is 8. The second-order valence-electron chi connectivity index (χ2n) is 9.88. The van der Waals surface area contributed by atoms with Crippen LogP contribution in [0.15, 0.2) is 58.1 Å². The fraction of sp³-hybridized carbons (Fsp3) is 0.429. The Morgan fingerprint density at radius 3 is 2.62 bits per heavy atom. The fourth-order valence-corrected chi connectivity index (χ4v) is 5.15. The largest absolute Gasteiger partial charge is 0.508 e. The average Bonchev–Trinajstić information content (AvgIpc) is 3.15. The van der Waals surface area contributed by atoms with E-state index in [0.717, 1.165) is 29.5 Å². The summed E-state index contributed by atoms with van der Waals surface area (Å²) in [5.74, 6) is -2.25. The first-order valence-electron chi connectivity index (χ1n) is 12.5. The number of aryl methyl sites for hydroxylation is 2. The van der Waals surface area contributed by atoms with Crippen LogP contribution in [0.5, 0.6) is 5.75 Å². The van der Waals surface area contributed by atoms with Crippen molar-refractivity contribution in [2.45, 2.75) is 64.0 Å². The van der Waals surface area contributed by atoms with E-state index in [9.17, 15) is 24.9 Å². The number of hydrogen-bond donors (Lipinski definition) is 4. The lowest BCUT2D eigenvalue weighted by Gasteiger charge is -2.27. The number of carboxylic acid groups (broad SMARTS) is 1. The number of methoxy groups -OCH3 is 1. The van der Waals surface area contributed by atoms with Gasteiger partial charge in [0.2, 0.25) is 0 Å². The van der Waals surface area contributed by atoms with Gasteiger partial charge < -0.3 is 25.4 Å². The molecule has 0 saturated heterocycles.